The fraction of sp³-hybridized carbons (Fsp3) is 0.350. The van der Waals surface area contributed by atoms with Gasteiger partial charge >= 0.3 is 0 Å². The Bertz CT molecular complexity index is 1250. The predicted molar refractivity (Wildman–Crippen MR) is 110 cm³/mol. The number of nitrogens with one attached hydrogen (secondary N) is 1. The Kier molecular flexibility index (Phi) is 3.79. The first-order valence-corrected chi connectivity index (χ1v) is 10.4. The molecule has 31 heavy (non-hydrogen) atoms. The van der Waals surface area contributed by atoms with E-state index in [0.717, 1.165) is 36.6 Å². The van der Waals surface area contributed by atoms with E-state index in [9.17, 15) is 10.2 Å². The van der Waals surface area contributed by atoms with E-state index < -0.39 is 0 Å². The third-order valence-corrected chi connectivity index (χ3v) is 6.17. The van der Waals surface area contributed by atoms with Crippen molar-refractivity contribution in [3.05, 3.63) is 36.7 Å². The topological polar surface area (TPSA) is 134 Å². The van der Waals surface area contributed by atoms with E-state index in [-0.39, 0.29) is 23.8 Å². The van der Waals surface area contributed by atoms with Crippen LogP contribution < -0.4 is 4.90 Å². The molecule has 1 saturated carbocycles. The van der Waals surface area contributed by atoms with Gasteiger partial charge in [-0.3, -0.25) is 4.57 Å². The fourth-order valence-electron chi connectivity index (χ4n) is 4.43. The molecule has 11 heteroatoms. The smallest absolute Gasteiger partial charge is 0.217 e. The standard InChI is InChI=1S/C20H21N9O2/c1-2-13-19-26-23-10-27(19)14-9-21-17(25-18(14)28(13)11-4-3-5-11)12-8-22-20(24-12)29-15(30)6-7-16(29)31/h6-11,13,30-31H,2-5H2,1H3,(H,22,24)/t13-/m1/s1. The summed E-state index contributed by atoms with van der Waals surface area (Å²) in [7, 11) is 0. The summed E-state index contributed by atoms with van der Waals surface area (Å²) in [5.41, 5.74) is 1.45. The zero-order valence-corrected chi connectivity index (χ0v) is 16.8. The van der Waals surface area contributed by atoms with Crippen LogP contribution in [0.25, 0.3) is 23.2 Å². The van der Waals surface area contributed by atoms with Crippen LogP contribution >= 0.6 is 0 Å². The average molecular weight is 419 g/mol. The maximum absolute atomic E-state index is 9.97. The quantitative estimate of drug-likeness (QED) is 0.459. The lowest BCUT2D eigenvalue weighted by molar-refractivity contribution is 0.342. The molecule has 2 aliphatic rings. The van der Waals surface area contributed by atoms with Crippen molar-refractivity contribution in [1.82, 2.24) is 39.3 Å². The van der Waals surface area contributed by atoms with E-state index in [2.05, 4.69) is 37.0 Å². The largest absolute Gasteiger partial charge is 0.494 e. The monoisotopic (exact) mass is 419 g/mol. The summed E-state index contributed by atoms with van der Waals surface area (Å²) in [6, 6.07) is 3.31. The predicted octanol–water partition coefficient (Wildman–Crippen LogP) is 2.47. The summed E-state index contributed by atoms with van der Waals surface area (Å²) < 4.78 is 3.18. The fourth-order valence-corrected chi connectivity index (χ4v) is 4.43. The Balaban J connectivity index is 1.46. The van der Waals surface area contributed by atoms with E-state index >= 15 is 0 Å². The Morgan fingerprint density at radius 2 is 1.94 bits per heavy atom. The Labute approximate surface area is 177 Å². The van der Waals surface area contributed by atoms with Gasteiger partial charge in [0.25, 0.3) is 0 Å². The molecule has 1 fully saturated rings. The summed E-state index contributed by atoms with van der Waals surface area (Å²) in [5.74, 6) is 2.30. The number of imidazole rings is 1. The zero-order chi connectivity index (χ0) is 21.1. The molecule has 0 unspecified atom stereocenters. The van der Waals surface area contributed by atoms with Gasteiger partial charge in [-0.15, -0.1) is 10.2 Å². The van der Waals surface area contributed by atoms with E-state index in [0.29, 0.717) is 17.6 Å². The van der Waals surface area contributed by atoms with Crippen molar-refractivity contribution in [3.63, 3.8) is 0 Å². The SMILES string of the molecule is CC[C@@H]1c2nncn2-c2cnc(-c3cnc(-n4c(O)ccc4O)[nH]3)nc2N1C1CCC1. The summed E-state index contributed by atoms with van der Waals surface area (Å²) in [6.45, 7) is 2.15. The van der Waals surface area contributed by atoms with Crippen molar-refractivity contribution < 1.29 is 10.2 Å². The Morgan fingerprint density at radius 1 is 1.13 bits per heavy atom. The molecule has 1 aliphatic heterocycles. The minimum atomic E-state index is -0.119. The van der Waals surface area contributed by atoms with Crippen molar-refractivity contribution >= 4 is 5.82 Å². The molecule has 4 aromatic heterocycles. The molecule has 3 N–H and O–H groups in total. The molecule has 158 valence electrons. The molecule has 0 radical (unpaired) electrons. The molecule has 6 rings (SSSR count). The van der Waals surface area contributed by atoms with Crippen LogP contribution in [0.15, 0.2) is 30.9 Å². The number of anilines is 1. The minimum absolute atomic E-state index is 0.106. The molecular formula is C20H21N9O2. The van der Waals surface area contributed by atoms with Gasteiger partial charge in [0.1, 0.15) is 17.7 Å². The molecule has 0 amide bonds. The van der Waals surface area contributed by atoms with Crippen LogP contribution in [0, 0.1) is 0 Å². The van der Waals surface area contributed by atoms with Crippen molar-refractivity contribution in [2.24, 2.45) is 0 Å². The van der Waals surface area contributed by atoms with E-state index in [1.807, 2.05) is 4.57 Å². The van der Waals surface area contributed by atoms with E-state index in [1.165, 1.54) is 23.1 Å². The number of H-pyrrole nitrogens is 1. The van der Waals surface area contributed by atoms with Crippen LogP contribution in [0.3, 0.4) is 0 Å². The summed E-state index contributed by atoms with van der Waals surface area (Å²) >= 11 is 0. The van der Waals surface area contributed by atoms with Crippen LogP contribution in [0.1, 0.15) is 44.5 Å². The van der Waals surface area contributed by atoms with Crippen molar-refractivity contribution in [2.75, 3.05) is 4.90 Å². The first kappa shape index (κ1) is 17.9. The molecule has 1 atom stereocenters. The molecule has 4 aromatic rings. The minimum Gasteiger partial charge on any atom is -0.494 e. The van der Waals surface area contributed by atoms with Gasteiger partial charge in [0.15, 0.2) is 17.5 Å². The lowest BCUT2D eigenvalue weighted by atomic mass is 9.89. The second-order valence-electron chi connectivity index (χ2n) is 7.88. The molecule has 0 saturated heterocycles. The zero-order valence-electron chi connectivity index (χ0n) is 16.8. The highest BCUT2D eigenvalue weighted by molar-refractivity contribution is 5.65. The number of fused-ring (bicyclic) bond motifs is 3. The van der Waals surface area contributed by atoms with Gasteiger partial charge < -0.3 is 20.1 Å². The number of aromatic amines is 1. The Hall–Kier alpha value is -3.89. The molecule has 0 spiro atoms. The van der Waals surface area contributed by atoms with E-state index in [4.69, 9.17) is 4.98 Å². The Morgan fingerprint density at radius 3 is 2.65 bits per heavy atom. The summed E-state index contributed by atoms with van der Waals surface area (Å²) in [6.07, 6.45) is 9.46. The van der Waals surface area contributed by atoms with Gasteiger partial charge in [-0.05, 0) is 25.7 Å². The van der Waals surface area contributed by atoms with Gasteiger partial charge in [-0.1, -0.05) is 6.92 Å². The maximum Gasteiger partial charge on any atom is 0.217 e. The summed E-state index contributed by atoms with van der Waals surface area (Å²) in [4.78, 5) is 19.2. The van der Waals surface area contributed by atoms with Crippen LogP contribution in [0.4, 0.5) is 5.82 Å². The number of aromatic nitrogens is 8. The van der Waals surface area contributed by atoms with Crippen LogP contribution in [-0.2, 0) is 0 Å². The number of aromatic hydroxyl groups is 2. The van der Waals surface area contributed by atoms with E-state index in [1.54, 1.807) is 18.7 Å². The normalized spacial score (nSPS) is 18.0. The van der Waals surface area contributed by atoms with Crippen LogP contribution in [0.5, 0.6) is 11.8 Å². The number of nitrogens with zero attached hydrogens (tertiary/aromatic N) is 8. The second-order valence-corrected chi connectivity index (χ2v) is 7.88. The third kappa shape index (κ3) is 2.55. The highest BCUT2D eigenvalue weighted by atomic mass is 16.3. The van der Waals surface area contributed by atoms with Gasteiger partial charge in [-0.2, -0.15) is 0 Å². The highest BCUT2D eigenvalue weighted by Crippen LogP contribution is 2.43. The van der Waals surface area contributed by atoms with Crippen molar-refractivity contribution in [1.29, 1.82) is 0 Å². The van der Waals surface area contributed by atoms with Crippen molar-refractivity contribution in [3.8, 4) is 34.9 Å². The number of rotatable bonds is 4. The number of hydrogen-bond acceptors (Lipinski definition) is 8. The van der Waals surface area contributed by atoms with Gasteiger partial charge in [-0.25, -0.2) is 19.5 Å². The highest BCUT2D eigenvalue weighted by Gasteiger charge is 2.39. The molecule has 5 heterocycles. The molecule has 11 nitrogen and oxygen atoms in total. The maximum atomic E-state index is 9.97. The third-order valence-electron chi connectivity index (χ3n) is 6.17. The first-order valence-electron chi connectivity index (χ1n) is 10.4. The lowest BCUT2D eigenvalue weighted by Gasteiger charge is -2.45. The van der Waals surface area contributed by atoms with Gasteiger partial charge in [0.2, 0.25) is 17.7 Å². The molecule has 1 aliphatic carbocycles. The average Bonchev–Trinajstić information content (AvgIpc) is 3.47. The molecule has 0 aromatic carbocycles. The van der Waals surface area contributed by atoms with Gasteiger partial charge in [0, 0.05) is 18.2 Å². The van der Waals surface area contributed by atoms with Crippen LogP contribution in [0.2, 0.25) is 0 Å². The van der Waals surface area contributed by atoms with Gasteiger partial charge in [0.05, 0.1) is 18.4 Å². The lowest BCUT2D eigenvalue weighted by Crippen LogP contribution is -2.46. The first-order chi connectivity index (χ1) is 15.2. The second kappa shape index (κ2) is 6.56. The van der Waals surface area contributed by atoms with Crippen molar-refractivity contribution in [2.45, 2.75) is 44.7 Å². The molecular weight excluding hydrogens is 398 g/mol. The van der Waals surface area contributed by atoms with Crippen LogP contribution in [-0.4, -0.2) is 55.5 Å². The molecule has 0 bridgehead atoms. The number of hydrogen-bond donors (Lipinski definition) is 3. The summed E-state index contributed by atoms with van der Waals surface area (Å²) in [5, 5.41) is 28.5.